The van der Waals surface area contributed by atoms with Gasteiger partial charge in [-0.1, -0.05) is 6.92 Å². The second-order valence-corrected chi connectivity index (χ2v) is 3.55. The predicted octanol–water partition coefficient (Wildman–Crippen LogP) is 0.849. The lowest BCUT2D eigenvalue weighted by molar-refractivity contribution is -0.108. The van der Waals surface area contributed by atoms with E-state index in [9.17, 15) is 4.79 Å². The van der Waals surface area contributed by atoms with Gasteiger partial charge in [0.1, 0.15) is 6.29 Å². The molecule has 0 aliphatic rings. The van der Waals surface area contributed by atoms with Crippen LogP contribution in [0.15, 0.2) is 0 Å². The largest absolute Gasteiger partial charge is 0.309 e. The Morgan fingerprint density at radius 2 is 1.85 bits per heavy atom. The van der Waals surface area contributed by atoms with Crippen molar-refractivity contribution in [1.82, 2.24) is 9.80 Å². The molecule has 0 spiro atoms. The first-order valence-electron chi connectivity index (χ1n) is 5.01. The Balaban J connectivity index is 3.41. The standard InChI is InChI=1S/C10H22N2O/c1-4-12(9-6-10-13)8-5-7-11(2)3/h10H,4-9H2,1-3H3. The van der Waals surface area contributed by atoms with Gasteiger partial charge in [-0.25, -0.2) is 0 Å². The summed E-state index contributed by atoms with van der Waals surface area (Å²) in [5, 5.41) is 0. The monoisotopic (exact) mass is 186 g/mol. The summed E-state index contributed by atoms with van der Waals surface area (Å²) < 4.78 is 0. The zero-order valence-electron chi connectivity index (χ0n) is 9.12. The van der Waals surface area contributed by atoms with Crippen molar-refractivity contribution in [2.45, 2.75) is 19.8 Å². The molecule has 0 heterocycles. The average molecular weight is 186 g/mol. The quantitative estimate of drug-likeness (QED) is 0.525. The highest BCUT2D eigenvalue weighted by Crippen LogP contribution is 1.93. The van der Waals surface area contributed by atoms with Crippen LogP contribution in [0.3, 0.4) is 0 Å². The van der Waals surface area contributed by atoms with E-state index in [-0.39, 0.29) is 0 Å². The number of nitrogens with zero attached hydrogens (tertiary/aromatic N) is 2. The Kier molecular flexibility index (Phi) is 7.94. The minimum Gasteiger partial charge on any atom is -0.309 e. The van der Waals surface area contributed by atoms with E-state index in [1.165, 1.54) is 6.42 Å². The smallest absolute Gasteiger partial charge is 0.121 e. The molecule has 13 heavy (non-hydrogen) atoms. The van der Waals surface area contributed by atoms with E-state index < -0.39 is 0 Å². The molecule has 0 bridgehead atoms. The van der Waals surface area contributed by atoms with Crippen molar-refractivity contribution in [2.75, 3.05) is 40.3 Å². The fraction of sp³-hybridized carbons (Fsp3) is 0.900. The lowest BCUT2D eigenvalue weighted by atomic mass is 10.3. The van der Waals surface area contributed by atoms with Gasteiger partial charge in [-0.3, -0.25) is 0 Å². The summed E-state index contributed by atoms with van der Waals surface area (Å²) in [6, 6.07) is 0. The maximum Gasteiger partial charge on any atom is 0.121 e. The van der Waals surface area contributed by atoms with Crippen LogP contribution in [0.4, 0.5) is 0 Å². The molecule has 0 amide bonds. The summed E-state index contributed by atoms with van der Waals surface area (Å²) in [5.74, 6) is 0. The van der Waals surface area contributed by atoms with Gasteiger partial charge < -0.3 is 14.6 Å². The van der Waals surface area contributed by atoms with E-state index in [4.69, 9.17) is 0 Å². The molecule has 0 aliphatic carbocycles. The van der Waals surface area contributed by atoms with Crippen LogP contribution in [0.2, 0.25) is 0 Å². The first kappa shape index (κ1) is 12.6. The van der Waals surface area contributed by atoms with Gasteiger partial charge in [-0.2, -0.15) is 0 Å². The first-order valence-corrected chi connectivity index (χ1v) is 5.01. The fourth-order valence-electron chi connectivity index (χ4n) is 1.27. The zero-order chi connectivity index (χ0) is 10.1. The fourth-order valence-corrected chi connectivity index (χ4v) is 1.27. The number of rotatable bonds is 8. The van der Waals surface area contributed by atoms with E-state index in [2.05, 4.69) is 30.8 Å². The maximum absolute atomic E-state index is 10.2. The molecular weight excluding hydrogens is 164 g/mol. The molecule has 0 atom stereocenters. The van der Waals surface area contributed by atoms with Gasteiger partial charge in [0, 0.05) is 13.0 Å². The molecule has 0 aliphatic heterocycles. The van der Waals surface area contributed by atoms with Gasteiger partial charge >= 0.3 is 0 Å². The Morgan fingerprint density at radius 3 is 2.31 bits per heavy atom. The first-order chi connectivity index (χ1) is 6.20. The van der Waals surface area contributed by atoms with Crippen molar-refractivity contribution in [3.05, 3.63) is 0 Å². The highest BCUT2D eigenvalue weighted by Gasteiger charge is 2.00. The molecule has 0 fully saturated rings. The van der Waals surface area contributed by atoms with Crippen LogP contribution in [0, 0.1) is 0 Å². The molecule has 0 rings (SSSR count). The van der Waals surface area contributed by atoms with Crippen LogP contribution >= 0.6 is 0 Å². The van der Waals surface area contributed by atoms with Crippen LogP contribution in [-0.2, 0) is 4.79 Å². The number of aldehydes is 1. The highest BCUT2D eigenvalue weighted by molar-refractivity contribution is 5.49. The highest BCUT2D eigenvalue weighted by atomic mass is 16.1. The second-order valence-electron chi connectivity index (χ2n) is 3.55. The number of hydrogen-bond donors (Lipinski definition) is 0. The van der Waals surface area contributed by atoms with Gasteiger partial charge in [0.15, 0.2) is 0 Å². The minimum atomic E-state index is 0.663. The third-order valence-electron chi connectivity index (χ3n) is 2.09. The molecule has 3 nitrogen and oxygen atoms in total. The van der Waals surface area contributed by atoms with Crippen LogP contribution in [0.5, 0.6) is 0 Å². The van der Waals surface area contributed by atoms with Crippen molar-refractivity contribution in [1.29, 1.82) is 0 Å². The molecule has 78 valence electrons. The molecule has 0 saturated carbocycles. The van der Waals surface area contributed by atoms with Crippen LogP contribution in [0.1, 0.15) is 19.8 Å². The molecule has 0 N–H and O–H groups in total. The minimum absolute atomic E-state index is 0.663. The summed E-state index contributed by atoms with van der Waals surface area (Å²) in [5.41, 5.74) is 0. The van der Waals surface area contributed by atoms with Gasteiger partial charge in [-0.05, 0) is 40.2 Å². The SMILES string of the molecule is CCN(CCC=O)CCCN(C)C. The molecule has 0 aromatic rings. The summed E-state index contributed by atoms with van der Waals surface area (Å²) in [6.07, 6.45) is 2.84. The van der Waals surface area contributed by atoms with Crippen molar-refractivity contribution in [3.63, 3.8) is 0 Å². The molecular formula is C10H22N2O. The van der Waals surface area contributed by atoms with Crippen molar-refractivity contribution in [3.8, 4) is 0 Å². The van der Waals surface area contributed by atoms with Crippen molar-refractivity contribution >= 4 is 6.29 Å². The topological polar surface area (TPSA) is 23.6 Å². The van der Waals surface area contributed by atoms with Crippen LogP contribution in [0.25, 0.3) is 0 Å². The van der Waals surface area contributed by atoms with E-state index in [0.29, 0.717) is 6.42 Å². The Hall–Kier alpha value is -0.410. The number of hydrogen-bond acceptors (Lipinski definition) is 3. The molecule has 0 unspecified atom stereocenters. The van der Waals surface area contributed by atoms with E-state index in [0.717, 1.165) is 32.5 Å². The predicted molar refractivity (Wildman–Crippen MR) is 56.0 cm³/mol. The van der Waals surface area contributed by atoms with Crippen LogP contribution < -0.4 is 0 Å². The Labute approximate surface area is 81.7 Å². The third kappa shape index (κ3) is 7.94. The molecule has 0 radical (unpaired) electrons. The second kappa shape index (κ2) is 8.20. The summed E-state index contributed by atoms with van der Waals surface area (Å²) in [6.45, 7) is 6.31. The lowest BCUT2D eigenvalue weighted by Gasteiger charge is -2.20. The molecule has 0 saturated heterocycles. The van der Waals surface area contributed by atoms with E-state index >= 15 is 0 Å². The summed E-state index contributed by atoms with van der Waals surface area (Å²) in [7, 11) is 4.17. The third-order valence-corrected chi connectivity index (χ3v) is 2.09. The van der Waals surface area contributed by atoms with E-state index in [1.54, 1.807) is 0 Å². The lowest BCUT2D eigenvalue weighted by Crippen LogP contribution is -2.28. The average Bonchev–Trinajstić information content (AvgIpc) is 2.10. The summed E-state index contributed by atoms with van der Waals surface area (Å²) in [4.78, 5) is 14.7. The zero-order valence-corrected chi connectivity index (χ0v) is 9.12. The summed E-state index contributed by atoms with van der Waals surface area (Å²) >= 11 is 0. The van der Waals surface area contributed by atoms with Gasteiger partial charge in [0.05, 0.1) is 0 Å². The van der Waals surface area contributed by atoms with Crippen molar-refractivity contribution in [2.24, 2.45) is 0 Å². The normalized spacial score (nSPS) is 11.2. The number of carbonyl (C=O) groups is 1. The van der Waals surface area contributed by atoms with Crippen LogP contribution in [-0.4, -0.2) is 56.4 Å². The Morgan fingerprint density at radius 1 is 1.15 bits per heavy atom. The van der Waals surface area contributed by atoms with Gasteiger partial charge in [0.2, 0.25) is 0 Å². The van der Waals surface area contributed by atoms with Gasteiger partial charge in [0.25, 0.3) is 0 Å². The maximum atomic E-state index is 10.2. The van der Waals surface area contributed by atoms with Crippen molar-refractivity contribution < 1.29 is 4.79 Å². The number of carbonyl (C=O) groups excluding carboxylic acids is 1. The molecule has 0 aromatic carbocycles. The van der Waals surface area contributed by atoms with Gasteiger partial charge in [-0.15, -0.1) is 0 Å². The Bertz CT molecular complexity index is 126. The molecule has 0 aromatic heterocycles. The van der Waals surface area contributed by atoms with E-state index in [1.807, 2.05) is 0 Å². The molecule has 3 heteroatoms.